The van der Waals surface area contributed by atoms with E-state index in [2.05, 4.69) is 20.6 Å². The van der Waals surface area contributed by atoms with Gasteiger partial charge in [0.15, 0.2) is 0 Å². The Morgan fingerprint density at radius 3 is 2.81 bits per heavy atom. The van der Waals surface area contributed by atoms with Gasteiger partial charge in [0.2, 0.25) is 5.95 Å². The molecule has 3 N–H and O–H groups in total. The molecular formula is C26H37N7O3S. The van der Waals surface area contributed by atoms with E-state index in [1.165, 1.54) is 35.1 Å². The number of ether oxygens (including phenoxy) is 2. The number of anilines is 3. The monoisotopic (exact) mass is 527 g/mol. The second kappa shape index (κ2) is 11.6. The summed E-state index contributed by atoms with van der Waals surface area (Å²) in [5, 5.41) is 21.7. The lowest BCUT2D eigenvalue weighted by atomic mass is 9.90. The van der Waals surface area contributed by atoms with Crippen molar-refractivity contribution in [1.82, 2.24) is 24.6 Å². The lowest BCUT2D eigenvalue weighted by Crippen LogP contribution is -2.46. The quantitative estimate of drug-likeness (QED) is 0.343. The molecule has 0 aromatic carbocycles. The van der Waals surface area contributed by atoms with Crippen LogP contribution in [-0.2, 0) is 28.9 Å². The molecule has 1 aliphatic heterocycles. The highest BCUT2D eigenvalue weighted by Gasteiger charge is 2.29. The number of morpholine rings is 1. The smallest absolute Gasteiger partial charge is 0.230 e. The van der Waals surface area contributed by atoms with Gasteiger partial charge < -0.3 is 25.2 Å². The summed E-state index contributed by atoms with van der Waals surface area (Å²) in [4.78, 5) is 15.1. The topological polar surface area (TPSA) is 110 Å². The van der Waals surface area contributed by atoms with Gasteiger partial charge in [0.25, 0.3) is 0 Å². The fourth-order valence-electron chi connectivity index (χ4n) is 5.88. The Labute approximate surface area is 221 Å². The molecular weight excluding hydrogens is 490 g/mol. The van der Waals surface area contributed by atoms with Gasteiger partial charge in [-0.15, -0.1) is 11.3 Å². The fraction of sp³-hybridized carbons (Fsp3) is 0.654. The predicted octanol–water partition coefficient (Wildman–Crippen LogP) is 3.18. The lowest BCUT2D eigenvalue weighted by Gasteiger charge is -2.39. The second-order valence-electron chi connectivity index (χ2n) is 10.2. The van der Waals surface area contributed by atoms with E-state index in [0.717, 1.165) is 68.3 Å². The number of fused-ring (bicyclic) bond motifs is 3. The van der Waals surface area contributed by atoms with Gasteiger partial charge in [0.05, 0.1) is 56.8 Å². The van der Waals surface area contributed by atoms with Crippen molar-refractivity contribution in [2.45, 2.75) is 63.6 Å². The Hall–Kier alpha value is -2.31. The summed E-state index contributed by atoms with van der Waals surface area (Å²) in [6.07, 6.45) is 12.0. The van der Waals surface area contributed by atoms with E-state index in [1.54, 1.807) is 6.20 Å². The van der Waals surface area contributed by atoms with Crippen molar-refractivity contribution in [2.75, 3.05) is 56.8 Å². The number of aliphatic hydroxyl groups is 1. The standard InChI is InChI=1S/C26H37N7O3S/c34-11-15-36-14-10-33-17-19(16-27-33)29-26-30-24(23-21-2-1-3-22(21)37-25(23)31-26)28-18-4-6-20(7-5-18)32-8-12-35-13-9-32/h16-18,20,34H,1-15H2,(H2,28,29,30,31)/t18-,20-. The summed E-state index contributed by atoms with van der Waals surface area (Å²) in [5.74, 6) is 1.58. The van der Waals surface area contributed by atoms with Gasteiger partial charge in [-0.2, -0.15) is 10.1 Å². The first kappa shape index (κ1) is 25.0. The minimum Gasteiger partial charge on any atom is -0.394 e. The fourth-order valence-corrected chi connectivity index (χ4v) is 7.14. The van der Waals surface area contributed by atoms with Crippen LogP contribution in [0.4, 0.5) is 17.5 Å². The van der Waals surface area contributed by atoms with Crippen molar-refractivity contribution in [1.29, 1.82) is 0 Å². The number of thiophene rings is 1. The molecule has 0 bridgehead atoms. The van der Waals surface area contributed by atoms with E-state index >= 15 is 0 Å². The van der Waals surface area contributed by atoms with Crippen molar-refractivity contribution in [3.05, 3.63) is 22.8 Å². The Morgan fingerprint density at radius 1 is 1.11 bits per heavy atom. The summed E-state index contributed by atoms with van der Waals surface area (Å²) >= 11 is 1.82. The molecule has 1 saturated carbocycles. The van der Waals surface area contributed by atoms with Crippen molar-refractivity contribution in [3.8, 4) is 0 Å². The molecule has 4 heterocycles. The van der Waals surface area contributed by atoms with Gasteiger partial charge in [-0.25, -0.2) is 4.98 Å². The van der Waals surface area contributed by atoms with Crippen LogP contribution < -0.4 is 10.6 Å². The summed E-state index contributed by atoms with van der Waals surface area (Å²) in [6, 6.07) is 1.11. The van der Waals surface area contributed by atoms with Crippen LogP contribution in [0.3, 0.4) is 0 Å². The third kappa shape index (κ3) is 5.75. The van der Waals surface area contributed by atoms with Crippen LogP contribution in [-0.4, -0.2) is 88.0 Å². The molecule has 0 amide bonds. The van der Waals surface area contributed by atoms with Crippen LogP contribution in [0.2, 0.25) is 0 Å². The van der Waals surface area contributed by atoms with Crippen LogP contribution in [0.15, 0.2) is 12.4 Å². The van der Waals surface area contributed by atoms with E-state index in [4.69, 9.17) is 24.5 Å². The molecule has 10 nitrogen and oxygen atoms in total. The average molecular weight is 528 g/mol. The van der Waals surface area contributed by atoms with Crippen molar-refractivity contribution < 1.29 is 14.6 Å². The highest BCUT2D eigenvalue weighted by Crippen LogP contribution is 2.41. The highest BCUT2D eigenvalue weighted by atomic mass is 32.1. The molecule has 0 radical (unpaired) electrons. The number of hydrogen-bond donors (Lipinski definition) is 3. The van der Waals surface area contributed by atoms with Gasteiger partial charge in [-0.1, -0.05) is 0 Å². The van der Waals surface area contributed by atoms with Crippen LogP contribution in [0.1, 0.15) is 42.5 Å². The van der Waals surface area contributed by atoms with E-state index in [-0.39, 0.29) is 6.61 Å². The Kier molecular flexibility index (Phi) is 7.84. The van der Waals surface area contributed by atoms with Crippen LogP contribution in [0.25, 0.3) is 10.2 Å². The first-order chi connectivity index (χ1) is 18.3. The molecule has 11 heteroatoms. The zero-order valence-electron chi connectivity index (χ0n) is 21.3. The maximum atomic E-state index is 8.85. The molecule has 2 aliphatic carbocycles. The van der Waals surface area contributed by atoms with Crippen LogP contribution >= 0.6 is 11.3 Å². The maximum Gasteiger partial charge on any atom is 0.230 e. The maximum absolute atomic E-state index is 8.85. The van der Waals surface area contributed by atoms with Crippen molar-refractivity contribution in [2.24, 2.45) is 0 Å². The van der Waals surface area contributed by atoms with E-state index in [0.29, 0.717) is 37.8 Å². The molecule has 37 heavy (non-hydrogen) atoms. The molecule has 3 aliphatic rings. The molecule has 6 rings (SSSR count). The first-order valence-corrected chi connectivity index (χ1v) is 14.5. The lowest BCUT2D eigenvalue weighted by molar-refractivity contribution is 0.00791. The third-order valence-electron chi connectivity index (χ3n) is 7.75. The molecule has 0 unspecified atom stereocenters. The molecule has 2 fully saturated rings. The van der Waals surface area contributed by atoms with Gasteiger partial charge in [0, 0.05) is 36.2 Å². The second-order valence-corrected chi connectivity index (χ2v) is 11.3. The zero-order valence-corrected chi connectivity index (χ0v) is 22.1. The van der Waals surface area contributed by atoms with Gasteiger partial charge in [-0.05, 0) is 50.5 Å². The number of nitrogens with zero attached hydrogens (tertiary/aromatic N) is 5. The number of rotatable bonds is 10. The van der Waals surface area contributed by atoms with Gasteiger partial charge in [0.1, 0.15) is 10.6 Å². The number of aryl methyl sites for hydroxylation is 2. The molecule has 3 aromatic heterocycles. The predicted molar refractivity (Wildman–Crippen MR) is 145 cm³/mol. The minimum absolute atomic E-state index is 0.0313. The molecule has 0 atom stereocenters. The molecule has 1 saturated heterocycles. The van der Waals surface area contributed by atoms with Crippen molar-refractivity contribution in [3.63, 3.8) is 0 Å². The Morgan fingerprint density at radius 2 is 1.97 bits per heavy atom. The van der Waals surface area contributed by atoms with Crippen LogP contribution in [0, 0.1) is 0 Å². The van der Waals surface area contributed by atoms with E-state index < -0.39 is 0 Å². The summed E-state index contributed by atoms with van der Waals surface area (Å²) in [5.41, 5.74) is 2.30. The molecule has 200 valence electrons. The molecule has 0 spiro atoms. The third-order valence-corrected chi connectivity index (χ3v) is 8.94. The highest BCUT2D eigenvalue weighted by molar-refractivity contribution is 7.19. The number of nitrogens with one attached hydrogen (secondary N) is 2. The zero-order chi connectivity index (χ0) is 25.0. The Balaban J connectivity index is 1.16. The molecule has 3 aromatic rings. The van der Waals surface area contributed by atoms with Gasteiger partial charge in [-0.3, -0.25) is 9.58 Å². The summed E-state index contributed by atoms with van der Waals surface area (Å²) in [7, 11) is 0. The average Bonchev–Trinajstić information content (AvgIpc) is 3.64. The summed E-state index contributed by atoms with van der Waals surface area (Å²) in [6.45, 7) is 5.37. The van der Waals surface area contributed by atoms with Gasteiger partial charge >= 0.3 is 0 Å². The number of hydrogen-bond acceptors (Lipinski definition) is 10. The SMILES string of the molecule is OCCOCCn1cc(Nc2nc(N[C@H]3CC[C@H](N4CCOCC4)CC3)c3c4c(sc3n2)CCC4)cn1. The Bertz CT molecular complexity index is 1180. The van der Waals surface area contributed by atoms with E-state index in [9.17, 15) is 0 Å². The summed E-state index contributed by atoms with van der Waals surface area (Å²) < 4.78 is 12.7. The largest absolute Gasteiger partial charge is 0.394 e. The number of aliphatic hydroxyl groups excluding tert-OH is 1. The first-order valence-electron chi connectivity index (χ1n) is 13.7. The van der Waals surface area contributed by atoms with Crippen molar-refractivity contribution >= 4 is 39.0 Å². The minimum atomic E-state index is 0.0313. The normalized spacial score (nSPS) is 22.4. The van der Waals surface area contributed by atoms with E-state index in [1.807, 2.05) is 22.2 Å². The number of aromatic nitrogens is 4. The van der Waals surface area contributed by atoms with Crippen LogP contribution in [0.5, 0.6) is 0 Å².